The molecule has 0 spiro atoms. The molecule has 0 aromatic heterocycles. The van der Waals surface area contributed by atoms with Gasteiger partial charge >= 0.3 is 6.18 Å². The fourth-order valence-electron chi connectivity index (χ4n) is 2.42. The second kappa shape index (κ2) is 6.21. The van der Waals surface area contributed by atoms with E-state index in [9.17, 15) is 22.8 Å². The molecule has 0 unspecified atom stereocenters. The van der Waals surface area contributed by atoms with E-state index >= 15 is 0 Å². The Labute approximate surface area is 125 Å². The Balaban J connectivity index is 2.10. The Morgan fingerprint density at radius 3 is 2.73 bits per heavy atom. The first-order chi connectivity index (χ1) is 10.3. The summed E-state index contributed by atoms with van der Waals surface area (Å²) in [4.78, 5) is 24.4. The first-order valence-electron chi connectivity index (χ1n) is 6.67. The van der Waals surface area contributed by atoms with Gasteiger partial charge in [-0.05, 0) is 17.7 Å². The number of nitrogens with one attached hydrogen (secondary N) is 1. The van der Waals surface area contributed by atoms with Crippen molar-refractivity contribution in [3.8, 4) is 0 Å². The Hall–Kier alpha value is -2.31. The van der Waals surface area contributed by atoms with E-state index in [1.165, 1.54) is 23.1 Å². The molecule has 2 rings (SSSR count). The number of alkyl halides is 3. The summed E-state index contributed by atoms with van der Waals surface area (Å²) < 4.78 is 38.8. The number of hydrogen-bond acceptors (Lipinski definition) is 2. The third kappa shape index (κ3) is 3.66. The predicted molar refractivity (Wildman–Crippen MR) is 73.6 cm³/mol. The maximum absolute atomic E-state index is 12.9. The van der Waals surface area contributed by atoms with Crippen LogP contribution in [0.25, 0.3) is 0 Å². The number of hydrogen-bond donors (Lipinski definition) is 1. The fraction of sp³-hybridized carbons (Fsp3) is 0.333. The minimum Gasteiger partial charge on any atom is -0.348 e. The summed E-state index contributed by atoms with van der Waals surface area (Å²) in [5.74, 6) is -0.693. The van der Waals surface area contributed by atoms with Crippen LogP contribution in [0.5, 0.6) is 0 Å². The van der Waals surface area contributed by atoms with Crippen molar-refractivity contribution in [1.82, 2.24) is 10.2 Å². The molecule has 0 aliphatic carbocycles. The molecule has 22 heavy (non-hydrogen) atoms. The van der Waals surface area contributed by atoms with E-state index in [1.54, 1.807) is 0 Å². The lowest BCUT2D eigenvalue weighted by Crippen LogP contribution is -2.36. The van der Waals surface area contributed by atoms with Gasteiger partial charge in [-0.3, -0.25) is 9.59 Å². The van der Waals surface area contributed by atoms with Gasteiger partial charge in [-0.15, -0.1) is 0 Å². The number of carbonyl (C=O) groups is 2. The third-order valence-electron chi connectivity index (χ3n) is 3.43. The second-order valence-corrected chi connectivity index (χ2v) is 5.04. The molecular formula is C15H15F3N2O2. The normalized spacial score (nSPS) is 18.4. The van der Waals surface area contributed by atoms with Crippen molar-refractivity contribution in [1.29, 1.82) is 0 Å². The van der Waals surface area contributed by atoms with Crippen LogP contribution in [0.15, 0.2) is 36.9 Å². The van der Waals surface area contributed by atoms with Gasteiger partial charge in [0.15, 0.2) is 0 Å². The van der Waals surface area contributed by atoms with E-state index in [2.05, 4.69) is 11.9 Å². The van der Waals surface area contributed by atoms with Gasteiger partial charge in [0.2, 0.25) is 11.8 Å². The Morgan fingerprint density at radius 2 is 2.09 bits per heavy atom. The summed E-state index contributed by atoms with van der Waals surface area (Å²) in [6, 6.07) is 4.75. The highest BCUT2D eigenvalue weighted by Gasteiger charge is 2.35. The number of benzene rings is 1. The van der Waals surface area contributed by atoms with Crippen LogP contribution >= 0.6 is 0 Å². The monoisotopic (exact) mass is 312 g/mol. The first-order valence-corrected chi connectivity index (χ1v) is 6.67. The van der Waals surface area contributed by atoms with E-state index in [1.807, 2.05) is 0 Å². The van der Waals surface area contributed by atoms with Gasteiger partial charge in [0.1, 0.15) is 0 Å². The molecule has 0 bridgehead atoms. The molecule has 1 heterocycles. The van der Waals surface area contributed by atoms with Gasteiger partial charge in [0.05, 0.1) is 11.6 Å². The summed E-state index contributed by atoms with van der Waals surface area (Å²) in [5.41, 5.74) is -0.708. The van der Waals surface area contributed by atoms with E-state index in [0.29, 0.717) is 0 Å². The van der Waals surface area contributed by atoms with E-state index in [4.69, 9.17) is 0 Å². The highest BCUT2D eigenvalue weighted by Crippen LogP contribution is 2.32. The van der Waals surface area contributed by atoms with Crippen molar-refractivity contribution in [3.63, 3.8) is 0 Å². The largest absolute Gasteiger partial charge is 0.416 e. The first kappa shape index (κ1) is 16.1. The minimum atomic E-state index is -4.46. The summed E-state index contributed by atoms with van der Waals surface area (Å²) >= 11 is 0. The standard InChI is InChI=1S/C15H15F3N2O2/c1-2-13(21)19-11-7-14(22)20(9-11)8-10-5-3-4-6-12(10)15(16,17)18/h2-6,11H,1,7-9H2,(H,19,21)/t11-/m0/s1. The molecule has 1 saturated heterocycles. The Kier molecular flexibility index (Phi) is 4.54. The molecule has 118 valence electrons. The van der Waals surface area contributed by atoms with Crippen LogP contribution in [0.3, 0.4) is 0 Å². The lowest BCUT2D eigenvalue weighted by Gasteiger charge is -2.20. The average Bonchev–Trinajstić information content (AvgIpc) is 2.78. The molecule has 1 aliphatic rings. The number of halogens is 3. The number of amides is 2. The minimum absolute atomic E-state index is 0.0408. The van der Waals surface area contributed by atoms with E-state index < -0.39 is 23.7 Å². The highest BCUT2D eigenvalue weighted by atomic mass is 19.4. The molecule has 1 fully saturated rings. The van der Waals surface area contributed by atoms with Crippen LogP contribution in [0.2, 0.25) is 0 Å². The topological polar surface area (TPSA) is 49.4 Å². The summed E-state index contributed by atoms with van der Waals surface area (Å²) in [6.07, 6.45) is -3.30. The zero-order valence-corrected chi connectivity index (χ0v) is 11.7. The molecule has 1 N–H and O–H groups in total. The molecule has 1 aromatic carbocycles. The average molecular weight is 312 g/mol. The second-order valence-electron chi connectivity index (χ2n) is 5.04. The third-order valence-corrected chi connectivity index (χ3v) is 3.43. The Morgan fingerprint density at radius 1 is 1.41 bits per heavy atom. The highest BCUT2D eigenvalue weighted by molar-refractivity contribution is 5.88. The maximum Gasteiger partial charge on any atom is 0.416 e. The molecule has 0 saturated carbocycles. The zero-order valence-electron chi connectivity index (χ0n) is 11.7. The zero-order chi connectivity index (χ0) is 16.3. The lowest BCUT2D eigenvalue weighted by atomic mass is 10.1. The molecule has 1 aliphatic heterocycles. The van der Waals surface area contributed by atoms with Crippen molar-refractivity contribution in [2.24, 2.45) is 0 Å². The van der Waals surface area contributed by atoms with Crippen molar-refractivity contribution < 1.29 is 22.8 Å². The molecule has 4 nitrogen and oxygen atoms in total. The fourth-order valence-corrected chi connectivity index (χ4v) is 2.42. The molecular weight excluding hydrogens is 297 g/mol. The van der Waals surface area contributed by atoms with Crippen molar-refractivity contribution in [2.45, 2.75) is 25.2 Å². The van der Waals surface area contributed by atoms with Crippen LogP contribution < -0.4 is 5.32 Å². The molecule has 1 aromatic rings. The Bertz CT molecular complexity index is 599. The van der Waals surface area contributed by atoms with Crippen LogP contribution in [0.1, 0.15) is 17.5 Å². The lowest BCUT2D eigenvalue weighted by molar-refractivity contribution is -0.139. The van der Waals surface area contributed by atoms with E-state index in [-0.39, 0.29) is 31.0 Å². The van der Waals surface area contributed by atoms with Gasteiger partial charge in [-0.2, -0.15) is 13.2 Å². The summed E-state index contributed by atoms with van der Waals surface area (Å²) in [5, 5.41) is 2.58. The number of likely N-dealkylation sites (tertiary alicyclic amines) is 1. The van der Waals surface area contributed by atoms with Gasteiger partial charge < -0.3 is 10.2 Å². The van der Waals surface area contributed by atoms with Crippen molar-refractivity contribution >= 4 is 11.8 Å². The van der Waals surface area contributed by atoms with E-state index in [0.717, 1.165) is 12.1 Å². The maximum atomic E-state index is 12.9. The molecule has 0 radical (unpaired) electrons. The van der Waals surface area contributed by atoms with Crippen molar-refractivity contribution in [3.05, 3.63) is 48.0 Å². The SMILES string of the molecule is C=CC(=O)N[C@H]1CC(=O)N(Cc2ccccc2C(F)(F)F)C1. The summed E-state index contributed by atoms with van der Waals surface area (Å²) in [6.45, 7) is 3.37. The van der Waals surface area contributed by atoms with Crippen LogP contribution in [-0.2, 0) is 22.3 Å². The van der Waals surface area contributed by atoms with Gasteiger partial charge in [-0.25, -0.2) is 0 Å². The van der Waals surface area contributed by atoms with Crippen molar-refractivity contribution in [2.75, 3.05) is 6.54 Å². The smallest absolute Gasteiger partial charge is 0.348 e. The van der Waals surface area contributed by atoms with Crippen LogP contribution in [-0.4, -0.2) is 29.3 Å². The number of nitrogens with zero attached hydrogens (tertiary/aromatic N) is 1. The van der Waals surface area contributed by atoms with Crippen LogP contribution in [0, 0.1) is 0 Å². The van der Waals surface area contributed by atoms with Gasteiger partial charge in [0, 0.05) is 19.5 Å². The molecule has 1 atom stereocenters. The number of carbonyl (C=O) groups excluding carboxylic acids is 2. The molecule has 2 amide bonds. The quantitative estimate of drug-likeness (QED) is 0.866. The molecule has 7 heteroatoms. The van der Waals surface area contributed by atoms with Gasteiger partial charge in [0.25, 0.3) is 0 Å². The predicted octanol–water partition coefficient (Wildman–Crippen LogP) is 2.11. The number of rotatable bonds is 4. The summed E-state index contributed by atoms with van der Waals surface area (Å²) in [7, 11) is 0. The van der Waals surface area contributed by atoms with Crippen LogP contribution in [0.4, 0.5) is 13.2 Å². The van der Waals surface area contributed by atoms with Gasteiger partial charge in [-0.1, -0.05) is 24.8 Å².